The summed E-state index contributed by atoms with van der Waals surface area (Å²) in [6.07, 6.45) is -3.66. The lowest BCUT2D eigenvalue weighted by Crippen LogP contribution is -2.60. The van der Waals surface area contributed by atoms with E-state index in [1.807, 2.05) is 20.8 Å². The summed E-state index contributed by atoms with van der Waals surface area (Å²) in [5.41, 5.74) is -1.38. The van der Waals surface area contributed by atoms with E-state index in [9.17, 15) is 27.9 Å². The number of nitrogens with zero attached hydrogens (tertiary/aromatic N) is 2. The first-order valence-electron chi connectivity index (χ1n) is 10.9. The van der Waals surface area contributed by atoms with Crippen molar-refractivity contribution in [3.63, 3.8) is 0 Å². The van der Waals surface area contributed by atoms with E-state index in [4.69, 9.17) is 4.74 Å². The van der Waals surface area contributed by atoms with Gasteiger partial charge < -0.3 is 30.4 Å². The number of rotatable bonds is 5. The van der Waals surface area contributed by atoms with E-state index in [0.717, 1.165) is 6.20 Å². The molecule has 4 N–H and O–H groups in total. The molecule has 3 heterocycles. The number of aromatic nitrogens is 2. The highest BCUT2D eigenvalue weighted by molar-refractivity contribution is 6.08. The summed E-state index contributed by atoms with van der Waals surface area (Å²) in [5.74, 6) is -0.525. The SMILES string of the molecule is COC(C)C(=O)Nc1c[nH]c2ncc(C(F)(F)F)c(N3CCCC(NC(=O)O)C3C(C)(C)C)c12. The number of hydrogen-bond donors (Lipinski definition) is 4. The molecule has 0 saturated carbocycles. The van der Waals surface area contributed by atoms with E-state index in [-0.39, 0.29) is 29.0 Å². The van der Waals surface area contributed by atoms with Crippen molar-refractivity contribution in [2.24, 2.45) is 5.41 Å². The van der Waals surface area contributed by atoms with Crippen LogP contribution >= 0.6 is 0 Å². The third kappa shape index (κ3) is 5.06. The van der Waals surface area contributed by atoms with Crippen LogP contribution < -0.4 is 15.5 Å². The lowest BCUT2D eigenvalue weighted by atomic mass is 9.77. The number of alkyl halides is 3. The molecule has 2 amide bonds. The Hall–Kier alpha value is -3.02. The van der Waals surface area contributed by atoms with Crippen molar-refractivity contribution >= 4 is 34.4 Å². The Kier molecular flexibility index (Phi) is 7.02. The van der Waals surface area contributed by atoms with Gasteiger partial charge in [0.2, 0.25) is 0 Å². The molecular weight excluding hydrogens is 455 g/mol. The van der Waals surface area contributed by atoms with E-state index < -0.39 is 47.3 Å². The molecule has 0 spiro atoms. The average molecular weight is 486 g/mol. The monoisotopic (exact) mass is 485 g/mol. The van der Waals surface area contributed by atoms with Gasteiger partial charge in [-0.05, 0) is 25.2 Å². The summed E-state index contributed by atoms with van der Waals surface area (Å²) in [7, 11) is 1.35. The number of anilines is 2. The molecule has 2 aromatic rings. The average Bonchev–Trinajstić information content (AvgIpc) is 3.13. The predicted octanol–water partition coefficient (Wildman–Crippen LogP) is 4.21. The number of pyridine rings is 1. The second-order valence-corrected chi connectivity index (χ2v) is 9.51. The molecule has 3 atom stereocenters. The molecule has 0 aromatic carbocycles. The van der Waals surface area contributed by atoms with Crippen LogP contribution in [0, 0.1) is 5.41 Å². The lowest BCUT2D eigenvalue weighted by molar-refractivity contribution is -0.137. The van der Waals surface area contributed by atoms with Gasteiger partial charge in [0, 0.05) is 26.0 Å². The Morgan fingerprint density at radius 2 is 2.00 bits per heavy atom. The highest BCUT2D eigenvalue weighted by atomic mass is 19.4. The number of nitrogens with one attached hydrogen (secondary N) is 3. The van der Waals surface area contributed by atoms with E-state index in [1.165, 1.54) is 20.2 Å². The van der Waals surface area contributed by atoms with Crippen LogP contribution in [0.25, 0.3) is 11.0 Å². The maximum Gasteiger partial charge on any atom is 0.419 e. The molecule has 2 aromatic heterocycles. The van der Waals surface area contributed by atoms with E-state index in [2.05, 4.69) is 20.6 Å². The summed E-state index contributed by atoms with van der Waals surface area (Å²) >= 11 is 0. The van der Waals surface area contributed by atoms with Gasteiger partial charge in [0.25, 0.3) is 5.91 Å². The van der Waals surface area contributed by atoms with Crippen LogP contribution in [0.5, 0.6) is 0 Å². The largest absolute Gasteiger partial charge is 0.465 e. The minimum atomic E-state index is -4.73. The summed E-state index contributed by atoms with van der Waals surface area (Å²) in [4.78, 5) is 32.3. The molecule has 0 bridgehead atoms. The number of carboxylic acid groups (broad SMARTS) is 1. The van der Waals surface area contributed by atoms with Crippen LogP contribution in [0.2, 0.25) is 0 Å². The summed E-state index contributed by atoms with van der Waals surface area (Å²) < 4.78 is 47.8. The van der Waals surface area contributed by atoms with Gasteiger partial charge in [0.1, 0.15) is 11.8 Å². The Balaban J connectivity index is 2.26. The molecule has 1 fully saturated rings. The fourth-order valence-electron chi connectivity index (χ4n) is 4.65. The first-order chi connectivity index (χ1) is 15.8. The Labute approximate surface area is 195 Å². The zero-order valence-electron chi connectivity index (χ0n) is 19.7. The number of halogens is 3. The molecule has 1 aliphatic heterocycles. The zero-order valence-corrected chi connectivity index (χ0v) is 19.7. The van der Waals surface area contributed by atoms with Gasteiger partial charge in [0.15, 0.2) is 0 Å². The highest BCUT2D eigenvalue weighted by Gasteiger charge is 2.45. The molecule has 1 saturated heterocycles. The molecule has 9 nitrogen and oxygen atoms in total. The minimum absolute atomic E-state index is 0.108. The smallest absolute Gasteiger partial charge is 0.419 e. The van der Waals surface area contributed by atoms with Gasteiger partial charge >= 0.3 is 12.3 Å². The number of methoxy groups -OCH3 is 1. The Bertz CT molecular complexity index is 1060. The maximum atomic E-state index is 14.3. The Morgan fingerprint density at radius 1 is 1.32 bits per heavy atom. The highest BCUT2D eigenvalue weighted by Crippen LogP contribution is 2.46. The van der Waals surface area contributed by atoms with Crippen molar-refractivity contribution in [2.75, 3.05) is 23.9 Å². The van der Waals surface area contributed by atoms with Crippen LogP contribution in [0.1, 0.15) is 46.1 Å². The summed E-state index contributed by atoms with van der Waals surface area (Å²) in [6, 6.07) is -1.19. The number of ether oxygens (including phenoxy) is 1. The van der Waals surface area contributed by atoms with Gasteiger partial charge in [-0.2, -0.15) is 13.2 Å². The van der Waals surface area contributed by atoms with Crippen molar-refractivity contribution in [3.05, 3.63) is 18.0 Å². The third-order valence-electron chi connectivity index (χ3n) is 6.07. The van der Waals surface area contributed by atoms with Crippen LogP contribution in [-0.4, -0.2) is 58.9 Å². The fourth-order valence-corrected chi connectivity index (χ4v) is 4.65. The van der Waals surface area contributed by atoms with Crippen molar-refractivity contribution < 1.29 is 32.6 Å². The van der Waals surface area contributed by atoms with Crippen molar-refractivity contribution in [3.8, 4) is 0 Å². The number of amides is 2. The number of H-pyrrole nitrogens is 1. The Morgan fingerprint density at radius 3 is 2.56 bits per heavy atom. The van der Waals surface area contributed by atoms with Gasteiger partial charge in [-0.1, -0.05) is 20.8 Å². The van der Waals surface area contributed by atoms with Crippen molar-refractivity contribution in [2.45, 2.75) is 64.9 Å². The fraction of sp³-hybridized carbons (Fsp3) is 0.591. The molecule has 3 rings (SSSR count). The molecule has 1 aliphatic rings. The molecule has 0 aliphatic carbocycles. The van der Waals surface area contributed by atoms with E-state index >= 15 is 0 Å². The summed E-state index contributed by atoms with van der Waals surface area (Å²) in [5, 5.41) is 14.6. The van der Waals surface area contributed by atoms with Crippen molar-refractivity contribution in [1.82, 2.24) is 15.3 Å². The minimum Gasteiger partial charge on any atom is -0.465 e. The number of fused-ring (bicyclic) bond motifs is 1. The molecule has 188 valence electrons. The second-order valence-electron chi connectivity index (χ2n) is 9.51. The van der Waals surface area contributed by atoms with Gasteiger partial charge in [-0.25, -0.2) is 9.78 Å². The number of carbonyl (C=O) groups excluding carboxylic acids is 1. The molecule has 0 radical (unpaired) electrons. The van der Waals surface area contributed by atoms with Gasteiger partial charge in [0.05, 0.1) is 34.4 Å². The number of aromatic amines is 1. The number of carbonyl (C=O) groups is 2. The first kappa shape index (κ1) is 25.6. The van der Waals surface area contributed by atoms with Crippen LogP contribution in [0.3, 0.4) is 0 Å². The maximum absolute atomic E-state index is 14.3. The van der Waals surface area contributed by atoms with Gasteiger partial charge in [-0.3, -0.25) is 4.79 Å². The van der Waals surface area contributed by atoms with Crippen LogP contribution in [0.4, 0.5) is 29.3 Å². The standard InChI is InChI=1S/C22H30F3N5O4/c1-11(34-5)19(31)28-14-10-27-18-15(14)16(12(9-26-18)22(23,24)25)30-8-6-7-13(29-20(32)33)17(30)21(2,3)4/h9-11,13,17,29H,6-8H2,1-5H3,(H,26,27)(H,28,31)(H,32,33). The van der Waals surface area contributed by atoms with E-state index in [1.54, 1.807) is 4.90 Å². The molecular formula is C22H30F3N5O4. The second kappa shape index (κ2) is 9.32. The molecule has 34 heavy (non-hydrogen) atoms. The number of piperidine rings is 1. The van der Waals surface area contributed by atoms with Crippen molar-refractivity contribution in [1.29, 1.82) is 0 Å². The van der Waals surface area contributed by atoms with E-state index in [0.29, 0.717) is 12.8 Å². The zero-order chi connectivity index (χ0) is 25.4. The summed E-state index contributed by atoms with van der Waals surface area (Å²) in [6.45, 7) is 7.37. The number of hydrogen-bond acceptors (Lipinski definition) is 5. The first-order valence-corrected chi connectivity index (χ1v) is 10.9. The predicted molar refractivity (Wildman–Crippen MR) is 121 cm³/mol. The van der Waals surface area contributed by atoms with Gasteiger partial charge in [-0.15, -0.1) is 0 Å². The normalized spacial score (nSPS) is 20.3. The quantitative estimate of drug-likeness (QED) is 0.504. The molecule has 12 heteroatoms. The van der Waals surface area contributed by atoms with Crippen LogP contribution in [-0.2, 0) is 15.7 Å². The lowest BCUT2D eigenvalue weighted by Gasteiger charge is -2.49. The molecule has 3 unspecified atom stereocenters. The van der Waals surface area contributed by atoms with Crippen LogP contribution in [0.15, 0.2) is 12.4 Å². The third-order valence-corrected chi connectivity index (χ3v) is 6.07. The topological polar surface area (TPSA) is 120 Å².